The van der Waals surface area contributed by atoms with Crippen molar-refractivity contribution >= 4 is 23.5 Å². The SMILES string of the molecule is CCC(F)(CC)C(O)c1c(Cl)ccnc1NC(=O)OC(C)(C)C. The second kappa shape index (κ2) is 7.45. The molecular formula is C16H24ClFN2O3. The Balaban J connectivity index is 3.17. The van der Waals surface area contributed by atoms with Gasteiger partial charge in [0.2, 0.25) is 0 Å². The van der Waals surface area contributed by atoms with Crippen LogP contribution in [0.25, 0.3) is 0 Å². The molecule has 1 atom stereocenters. The van der Waals surface area contributed by atoms with E-state index in [1.54, 1.807) is 34.6 Å². The number of alkyl halides is 1. The predicted molar refractivity (Wildman–Crippen MR) is 88.5 cm³/mol. The summed E-state index contributed by atoms with van der Waals surface area (Å²) in [7, 11) is 0. The largest absolute Gasteiger partial charge is 0.444 e. The number of carbonyl (C=O) groups excluding carboxylic acids is 1. The van der Waals surface area contributed by atoms with Crippen LogP contribution in [0.3, 0.4) is 0 Å². The smallest absolute Gasteiger partial charge is 0.413 e. The quantitative estimate of drug-likeness (QED) is 0.814. The second-order valence-corrected chi connectivity index (χ2v) is 6.73. The van der Waals surface area contributed by atoms with Gasteiger partial charge in [0.05, 0.1) is 5.02 Å². The van der Waals surface area contributed by atoms with Gasteiger partial charge in [-0.2, -0.15) is 0 Å². The van der Waals surface area contributed by atoms with Crippen LogP contribution in [-0.4, -0.2) is 27.5 Å². The number of aliphatic hydroxyl groups is 1. The van der Waals surface area contributed by atoms with E-state index in [0.717, 1.165) is 0 Å². The summed E-state index contributed by atoms with van der Waals surface area (Å²) in [6.45, 7) is 8.42. The lowest BCUT2D eigenvalue weighted by Crippen LogP contribution is -2.32. The average Bonchev–Trinajstić information content (AvgIpc) is 2.44. The van der Waals surface area contributed by atoms with Crippen molar-refractivity contribution in [1.29, 1.82) is 0 Å². The molecule has 0 aromatic carbocycles. The van der Waals surface area contributed by atoms with Gasteiger partial charge in [0.1, 0.15) is 23.2 Å². The van der Waals surface area contributed by atoms with Crippen molar-refractivity contribution in [2.45, 2.75) is 64.8 Å². The summed E-state index contributed by atoms with van der Waals surface area (Å²) in [6.07, 6.45) is -0.700. The predicted octanol–water partition coefficient (Wildman–Crippen LogP) is 4.64. The molecule has 1 amide bonds. The van der Waals surface area contributed by atoms with E-state index in [1.807, 2.05) is 0 Å². The molecule has 1 heterocycles. The number of aromatic nitrogens is 1. The number of nitrogens with zero attached hydrogens (tertiary/aromatic N) is 1. The fourth-order valence-electron chi connectivity index (χ4n) is 2.11. The number of halogens is 2. The Morgan fingerprint density at radius 2 is 2.00 bits per heavy atom. The minimum Gasteiger partial charge on any atom is -0.444 e. The van der Waals surface area contributed by atoms with Gasteiger partial charge >= 0.3 is 6.09 Å². The Morgan fingerprint density at radius 1 is 1.43 bits per heavy atom. The van der Waals surface area contributed by atoms with E-state index in [2.05, 4.69) is 10.3 Å². The van der Waals surface area contributed by atoms with Crippen LogP contribution in [-0.2, 0) is 4.74 Å². The van der Waals surface area contributed by atoms with Crippen LogP contribution in [0.15, 0.2) is 12.3 Å². The Bertz CT molecular complexity index is 557. The van der Waals surface area contributed by atoms with Crippen molar-refractivity contribution < 1.29 is 19.0 Å². The van der Waals surface area contributed by atoms with Crippen LogP contribution in [0.2, 0.25) is 5.02 Å². The number of hydrogen-bond acceptors (Lipinski definition) is 4. The van der Waals surface area contributed by atoms with Crippen LogP contribution < -0.4 is 5.32 Å². The van der Waals surface area contributed by atoms with Crippen LogP contribution in [0, 0.1) is 0 Å². The van der Waals surface area contributed by atoms with Crippen molar-refractivity contribution in [2.24, 2.45) is 0 Å². The molecule has 0 fully saturated rings. The molecule has 7 heteroatoms. The number of ether oxygens (including phenoxy) is 1. The molecule has 23 heavy (non-hydrogen) atoms. The van der Waals surface area contributed by atoms with E-state index >= 15 is 0 Å². The standard InChI is InChI=1S/C16H24ClFN2O3/c1-6-16(18,7-2)12(21)11-10(17)8-9-19-13(11)20-14(22)23-15(3,4)5/h8-9,12,21H,6-7H2,1-5H3,(H,19,20,22). The fourth-order valence-corrected chi connectivity index (χ4v) is 2.35. The molecule has 0 radical (unpaired) electrons. The van der Waals surface area contributed by atoms with E-state index < -0.39 is 23.5 Å². The zero-order chi connectivity index (χ0) is 17.8. The summed E-state index contributed by atoms with van der Waals surface area (Å²) in [5.41, 5.74) is -2.51. The normalized spacial score (nSPS) is 13.6. The molecule has 0 saturated heterocycles. The second-order valence-electron chi connectivity index (χ2n) is 6.33. The number of hydrogen-bond donors (Lipinski definition) is 2. The van der Waals surface area contributed by atoms with E-state index in [-0.39, 0.29) is 29.2 Å². The molecule has 5 nitrogen and oxygen atoms in total. The van der Waals surface area contributed by atoms with Crippen molar-refractivity contribution in [3.8, 4) is 0 Å². The maximum Gasteiger partial charge on any atom is 0.413 e. The first kappa shape index (κ1) is 19.6. The summed E-state index contributed by atoms with van der Waals surface area (Å²) in [4.78, 5) is 15.9. The summed E-state index contributed by atoms with van der Waals surface area (Å²) >= 11 is 6.10. The molecule has 0 aliphatic carbocycles. The van der Waals surface area contributed by atoms with Gasteiger partial charge in [0.25, 0.3) is 0 Å². The molecule has 130 valence electrons. The van der Waals surface area contributed by atoms with E-state index in [9.17, 15) is 14.3 Å². The maximum absolute atomic E-state index is 14.8. The zero-order valence-corrected chi connectivity index (χ0v) is 14.9. The Kier molecular flexibility index (Phi) is 6.36. The highest BCUT2D eigenvalue weighted by Gasteiger charge is 2.38. The van der Waals surface area contributed by atoms with Gasteiger partial charge in [-0.05, 0) is 39.7 Å². The molecule has 2 N–H and O–H groups in total. The number of anilines is 1. The minimum atomic E-state index is -1.86. The van der Waals surface area contributed by atoms with Gasteiger partial charge < -0.3 is 9.84 Å². The van der Waals surface area contributed by atoms with Crippen LogP contribution in [0.4, 0.5) is 15.0 Å². The summed E-state index contributed by atoms with van der Waals surface area (Å²) < 4.78 is 20.0. The summed E-state index contributed by atoms with van der Waals surface area (Å²) in [6, 6.07) is 1.44. The molecule has 0 bridgehead atoms. The zero-order valence-electron chi connectivity index (χ0n) is 14.1. The lowest BCUT2D eigenvalue weighted by Gasteiger charge is -2.30. The van der Waals surface area contributed by atoms with Gasteiger partial charge in [-0.25, -0.2) is 14.2 Å². The molecule has 0 saturated carbocycles. The number of amides is 1. The highest BCUT2D eigenvalue weighted by Crippen LogP contribution is 2.41. The fraction of sp³-hybridized carbons (Fsp3) is 0.625. The van der Waals surface area contributed by atoms with Gasteiger partial charge in [0, 0.05) is 11.8 Å². The monoisotopic (exact) mass is 346 g/mol. The number of rotatable bonds is 5. The first-order valence-corrected chi connectivity index (χ1v) is 7.93. The van der Waals surface area contributed by atoms with Gasteiger partial charge in [-0.1, -0.05) is 25.4 Å². The first-order valence-electron chi connectivity index (χ1n) is 7.55. The molecule has 1 unspecified atom stereocenters. The Labute approximate surface area is 141 Å². The Hall–Kier alpha value is -1.40. The molecule has 0 aliphatic heterocycles. The molecule has 1 aromatic heterocycles. The van der Waals surface area contributed by atoms with Gasteiger partial charge in [0.15, 0.2) is 0 Å². The lowest BCUT2D eigenvalue weighted by molar-refractivity contribution is -0.0164. The van der Waals surface area contributed by atoms with Crippen molar-refractivity contribution in [1.82, 2.24) is 4.98 Å². The molecule has 1 rings (SSSR count). The van der Waals surface area contributed by atoms with Crippen LogP contribution >= 0.6 is 11.6 Å². The molecule has 0 spiro atoms. The maximum atomic E-state index is 14.8. The third-order valence-electron chi connectivity index (χ3n) is 3.50. The highest BCUT2D eigenvalue weighted by molar-refractivity contribution is 6.31. The third kappa shape index (κ3) is 5.04. The number of aliphatic hydroxyl groups excluding tert-OH is 1. The average molecular weight is 347 g/mol. The van der Waals surface area contributed by atoms with Gasteiger partial charge in [-0.15, -0.1) is 0 Å². The summed E-state index contributed by atoms with van der Waals surface area (Å²) in [5.74, 6) is -0.0109. The van der Waals surface area contributed by atoms with Gasteiger partial charge in [-0.3, -0.25) is 5.32 Å². The number of carbonyl (C=O) groups is 1. The number of pyridine rings is 1. The molecule has 0 aliphatic rings. The van der Waals surface area contributed by atoms with E-state index in [4.69, 9.17) is 16.3 Å². The van der Waals surface area contributed by atoms with Crippen molar-refractivity contribution in [2.75, 3.05) is 5.32 Å². The first-order chi connectivity index (χ1) is 10.5. The van der Waals surface area contributed by atoms with E-state index in [0.29, 0.717) is 0 Å². The lowest BCUT2D eigenvalue weighted by atomic mass is 9.88. The van der Waals surface area contributed by atoms with Crippen molar-refractivity contribution in [3.63, 3.8) is 0 Å². The highest BCUT2D eigenvalue weighted by atomic mass is 35.5. The topological polar surface area (TPSA) is 71.5 Å². The Morgan fingerprint density at radius 3 is 2.48 bits per heavy atom. The summed E-state index contributed by atoms with van der Waals surface area (Å²) in [5, 5.41) is 13.0. The van der Waals surface area contributed by atoms with Crippen molar-refractivity contribution in [3.05, 3.63) is 22.8 Å². The molecule has 1 aromatic rings. The number of nitrogens with one attached hydrogen (secondary N) is 1. The van der Waals surface area contributed by atoms with Crippen LogP contribution in [0.1, 0.15) is 59.1 Å². The van der Waals surface area contributed by atoms with Crippen LogP contribution in [0.5, 0.6) is 0 Å². The molecular weight excluding hydrogens is 323 g/mol. The minimum absolute atomic E-state index is 0.0109. The van der Waals surface area contributed by atoms with E-state index in [1.165, 1.54) is 12.3 Å². The third-order valence-corrected chi connectivity index (χ3v) is 3.82.